The summed E-state index contributed by atoms with van der Waals surface area (Å²) in [6.07, 6.45) is 6.34. The Morgan fingerprint density at radius 3 is 2.73 bits per heavy atom. The first-order valence-corrected chi connectivity index (χ1v) is 5.79. The van der Waals surface area contributed by atoms with E-state index in [9.17, 15) is 4.79 Å². The summed E-state index contributed by atoms with van der Waals surface area (Å²) in [5.74, 6) is 0.121. The van der Waals surface area contributed by atoms with Gasteiger partial charge in [0.1, 0.15) is 0 Å². The molecule has 86 valence electrons. The number of hydrogen-bond acceptors (Lipinski definition) is 2. The Balaban J connectivity index is 2.19. The van der Waals surface area contributed by atoms with Crippen LogP contribution < -0.4 is 5.32 Å². The van der Waals surface area contributed by atoms with Crippen molar-refractivity contribution in [2.75, 3.05) is 6.54 Å². The zero-order valence-electron chi connectivity index (χ0n) is 9.62. The molecule has 1 aliphatic carbocycles. The Labute approximate surface area is 91.6 Å². The molecule has 1 unspecified atom stereocenters. The van der Waals surface area contributed by atoms with Crippen molar-refractivity contribution in [1.82, 2.24) is 5.32 Å². The zero-order valence-corrected chi connectivity index (χ0v) is 9.62. The van der Waals surface area contributed by atoms with Crippen LogP contribution >= 0.6 is 0 Å². The predicted octanol–water partition coefficient (Wildman–Crippen LogP) is 2.19. The summed E-state index contributed by atoms with van der Waals surface area (Å²) in [5.41, 5.74) is 0.501. The van der Waals surface area contributed by atoms with Crippen LogP contribution in [0.1, 0.15) is 39.5 Å². The molecule has 0 aromatic heterocycles. The van der Waals surface area contributed by atoms with Crippen molar-refractivity contribution in [3.05, 3.63) is 11.6 Å². The van der Waals surface area contributed by atoms with E-state index in [0.29, 0.717) is 24.6 Å². The average molecular weight is 211 g/mol. The highest BCUT2D eigenvalue weighted by Crippen LogP contribution is 2.33. The average Bonchev–Trinajstić information content (AvgIpc) is 2.95. The summed E-state index contributed by atoms with van der Waals surface area (Å²) in [5, 5.41) is 12.1. The first-order valence-electron chi connectivity index (χ1n) is 5.79. The Morgan fingerprint density at radius 2 is 2.27 bits per heavy atom. The standard InChI is InChI=1S/C12H21NO2/c1-3-11(12(14)15)6-7-13-9(2)8-10-4-5-10/h6,9-10,13H,3-5,7-8H2,1-2H3,(H,14,15). The van der Waals surface area contributed by atoms with Crippen LogP contribution in [0.5, 0.6) is 0 Å². The minimum Gasteiger partial charge on any atom is -0.478 e. The molecule has 0 amide bonds. The quantitative estimate of drug-likeness (QED) is 0.635. The monoisotopic (exact) mass is 211 g/mol. The summed E-state index contributed by atoms with van der Waals surface area (Å²) in [6.45, 7) is 4.70. The van der Waals surface area contributed by atoms with Crippen molar-refractivity contribution in [3.63, 3.8) is 0 Å². The maximum Gasteiger partial charge on any atom is 0.331 e. The molecule has 0 heterocycles. The molecule has 1 atom stereocenters. The van der Waals surface area contributed by atoms with E-state index in [4.69, 9.17) is 5.11 Å². The van der Waals surface area contributed by atoms with Gasteiger partial charge in [-0.2, -0.15) is 0 Å². The van der Waals surface area contributed by atoms with Crippen LogP contribution in [0.15, 0.2) is 11.6 Å². The van der Waals surface area contributed by atoms with Crippen molar-refractivity contribution in [2.24, 2.45) is 5.92 Å². The molecular weight excluding hydrogens is 190 g/mol. The van der Waals surface area contributed by atoms with Crippen molar-refractivity contribution in [1.29, 1.82) is 0 Å². The lowest BCUT2D eigenvalue weighted by molar-refractivity contribution is -0.132. The summed E-state index contributed by atoms with van der Waals surface area (Å²) in [6, 6.07) is 0.501. The molecule has 15 heavy (non-hydrogen) atoms. The summed E-state index contributed by atoms with van der Waals surface area (Å²) < 4.78 is 0. The topological polar surface area (TPSA) is 49.3 Å². The van der Waals surface area contributed by atoms with Crippen LogP contribution in [0.2, 0.25) is 0 Å². The minimum absolute atomic E-state index is 0.501. The molecule has 0 aromatic carbocycles. The molecule has 1 aliphatic rings. The lowest BCUT2D eigenvalue weighted by Crippen LogP contribution is -2.26. The summed E-state index contributed by atoms with van der Waals surface area (Å²) in [4.78, 5) is 10.7. The van der Waals surface area contributed by atoms with Gasteiger partial charge in [0.15, 0.2) is 0 Å². The van der Waals surface area contributed by atoms with Crippen LogP contribution in [0, 0.1) is 5.92 Å². The second-order valence-electron chi connectivity index (χ2n) is 4.38. The van der Waals surface area contributed by atoms with Gasteiger partial charge in [-0.05, 0) is 25.7 Å². The summed E-state index contributed by atoms with van der Waals surface area (Å²) >= 11 is 0. The van der Waals surface area contributed by atoms with Gasteiger partial charge in [0.2, 0.25) is 0 Å². The van der Waals surface area contributed by atoms with Crippen LogP contribution in [0.4, 0.5) is 0 Å². The highest BCUT2D eigenvalue weighted by Gasteiger charge is 2.22. The molecule has 1 rings (SSSR count). The minimum atomic E-state index is -0.797. The molecule has 3 heteroatoms. The molecule has 0 radical (unpaired) electrons. The van der Waals surface area contributed by atoms with Crippen LogP contribution in [-0.4, -0.2) is 23.7 Å². The van der Waals surface area contributed by atoms with E-state index in [0.717, 1.165) is 5.92 Å². The fraction of sp³-hybridized carbons (Fsp3) is 0.750. The van der Waals surface area contributed by atoms with Crippen molar-refractivity contribution < 1.29 is 9.90 Å². The third-order valence-electron chi connectivity index (χ3n) is 2.85. The molecule has 1 fully saturated rings. The van der Waals surface area contributed by atoms with Gasteiger partial charge in [-0.25, -0.2) is 4.79 Å². The number of rotatable bonds is 7. The Hall–Kier alpha value is -0.830. The van der Waals surface area contributed by atoms with Gasteiger partial charge in [-0.15, -0.1) is 0 Å². The number of carboxylic acid groups (broad SMARTS) is 1. The third kappa shape index (κ3) is 4.98. The molecule has 1 saturated carbocycles. The van der Waals surface area contributed by atoms with Crippen molar-refractivity contribution in [2.45, 2.75) is 45.6 Å². The maximum atomic E-state index is 10.7. The van der Waals surface area contributed by atoms with E-state index < -0.39 is 5.97 Å². The third-order valence-corrected chi connectivity index (χ3v) is 2.85. The van der Waals surface area contributed by atoms with Crippen molar-refractivity contribution in [3.8, 4) is 0 Å². The number of hydrogen-bond donors (Lipinski definition) is 2. The van der Waals surface area contributed by atoms with Gasteiger partial charge >= 0.3 is 5.97 Å². The van der Waals surface area contributed by atoms with Gasteiger partial charge in [-0.3, -0.25) is 0 Å². The van der Waals surface area contributed by atoms with Crippen LogP contribution in [-0.2, 0) is 4.79 Å². The Morgan fingerprint density at radius 1 is 1.60 bits per heavy atom. The van der Waals surface area contributed by atoms with E-state index >= 15 is 0 Å². The Bertz CT molecular complexity index is 244. The predicted molar refractivity (Wildman–Crippen MR) is 60.8 cm³/mol. The van der Waals surface area contributed by atoms with Crippen molar-refractivity contribution >= 4 is 5.97 Å². The van der Waals surface area contributed by atoms with Gasteiger partial charge in [0.25, 0.3) is 0 Å². The van der Waals surface area contributed by atoms with E-state index in [1.54, 1.807) is 6.08 Å². The van der Waals surface area contributed by atoms with E-state index in [1.165, 1.54) is 19.3 Å². The van der Waals surface area contributed by atoms with Gasteiger partial charge < -0.3 is 10.4 Å². The van der Waals surface area contributed by atoms with E-state index in [-0.39, 0.29) is 0 Å². The van der Waals surface area contributed by atoms with Gasteiger partial charge in [0.05, 0.1) is 0 Å². The molecule has 0 aromatic rings. The normalized spacial score (nSPS) is 18.9. The second-order valence-corrected chi connectivity index (χ2v) is 4.38. The number of carbonyl (C=O) groups is 1. The second kappa shape index (κ2) is 5.91. The zero-order chi connectivity index (χ0) is 11.3. The molecule has 2 N–H and O–H groups in total. The number of nitrogens with one attached hydrogen (secondary N) is 1. The fourth-order valence-electron chi connectivity index (χ4n) is 1.70. The highest BCUT2D eigenvalue weighted by atomic mass is 16.4. The first-order chi connectivity index (χ1) is 7.13. The Kier molecular flexibility index (Phi) is 4.82. The van der Waals surface area contributed by atoms with E-state index in [1.807, 2.05) is 6.92 Å². The number of aliphatic carboxylic acids is 1. The highest BCUT2D eigenvalue weighted by molar-refractivity contribution is 5.86. The molecule has 0 aliphatic heterocycles. The van der Waals surface area contributed by atoms with Crippen LogP contribution in [0.25, 0.3) is 0 Å². The lowest BCUT2D eigenvalue weighted by Gasteiger charge is -2.11. The first kappa shape index (κ1) is 12.2. The number of carboxylic acids is 1. The molecular formula is C12H21NO2. The molecule has 0 bridgehead atoms. The molecule has 0 spiro atoms. The SMILES string of the molecule is CCC(=CCNC(C)CC1CC1)C(=O)O. The fourth-order valence-corrected chi connectivity index (χ4v) is 1.70. The van der Waals surface area contributed by atoms with Crippen LogP contribution in [0.3, 0.4) is 0 Å². The maximum absolute atomic E-state index is 10.7. The van der Waals surface area contributed by atoms with E-state index in [2.05, 4.69) is 12.2 Å². The smallest absolute Gasteiger partial charge is 0.331 e. The molecule has 0 saturated heterocycles. The largest absolute Gasteiger partial charge is 0.478 e. The van der Waals surface area contributed by atoms with Gasteiger partial charge in [-0.1, -0.05) is 25.8 Å². The lowest BCUT2D eigenvalue weighted by atomic mass is 10.1. The molecule has 3 nitrogen and oxygen atoms in total. The van der Waals surface area contributed by atoms with Gasteiger partial charge in [0, 0.05) is 18.2 Å². The summed E-state index contributed by atoms with van der Waals surface area (Å²) in [7, 11) is 0.